The van der Waals surface area contributed by atoms with Gasteiger partial charge in [0.25, 0.3) is 11.6 Å². The number of hydrogen-bond donors (Lipinski definition) is 1. The van der Waals surface area contributed by atoms with E-state index in [4.69, 9.17) is 4.74 Å². The van der Waals surface area contributed by atoms with E-state index in [0.717, 1.165) is 22.2 Å². The number of para-hydroxylation sites is 2. The minimum Gasteiger partial charge on any atom is -0.492 e. The molecule has 0 radical (unpaired) electrons. The Kier molecular flexibility index (Phi) is 6.22. The van der Waals surface area contributed by atoms with Gasteiger partial charge >= 0.3 is 0 Å². The molecule has 0 aliphatic heterocycles. The maximum absolute atomic E-state index is 12.2. The summed E-state index contributed by atoms with van der Waals surface area (Å²) in [6.07, 6.45) is 3.54. The molecule has 0 atom stereocenters. The number of nitrogens with zero attached hydrogens (tertiary/aromatic N) is 3. The maximum Gasteiger partial charge on any atom is 0.271 e. The van der Waals surface area contributed by atoms with Crippen LogP contribution in [0.1, 0.15) is 15.9 Å². The number of non-ortho nitro benzene ring substituents is 1. The third kappa shape index (κ3) is 4.81. The van der Waals surface area contributed by atoms with Gasteiger partial charge in [0, 0.05) is 40.4 Å². The fraction of sp³-hybridized carbons (Fsp3) is 0.0833. The van der Waals surface area contributed by atoms with Crippen molar-refractivity contribution in [2.24, 2.45) is 5.10 Å². The molecule has 160 valence electrons. The van der Waals surface area contributed by atoms with Crippen LogP contribution in [-0.4, -0.2) is 28.2 Å². The number of hydrogen-bond acceptors (Lipinski definition) is 5. The maximum atomic E-state index is 12.2. The summed E-state index contributed by atoms with van der Waals surface area (Å²) < 4.78 is 7.88. The normalized spacial score (nSPS) is 11.0. The van der Waals surface area contributed by atoms with Crippen LogP contribution in [-0.2, 0) is 6.54 Å². The number of rotatable bonds is 8. The van der Waals surface area contributed by atoms with Crippen molar-refractivity contribution < 1.29 is 14.5 Å². The second kappa shape index (κ2) is 9.57. The zero-order valence-corrected chi connectivity index (χ0v) is 17.0. The standard InChI is InChI=1S/C24H20N4O4/c29-24(18-10-12-20(13-11-18)28(30)31)26-25-16-19-17-27(23-9-5-4-8-22(19)23)14-15-32-21-6-2-1-3-7-21/h1-13,16-17H,14-15H2,(H,26,29)/b25-16+. The van der Waals surface area contributed by atoms with Gasteiger partial charge in [-0.3, -0.25) is 14.9 Å². The molecule has 0 aliphatic carbocycles. The SMILES string of the molecule is O=C(N/N=C/c1cn(CCOc2ccccc2)c2ccccc12)c1ccc([N+](=O)[O-])cc1. The molecule has 0 saturated carbocycles. The molecule has 4 aromatic rings. The molecule has 1 N–H and O–H groups in total. The van der Waals surface area contributed by atoms with Crippen molar-refractivity contribution in [1.82, 2.24) is 9.99 Å². The average Bonchev–Trinajstić information content (AvgIpc) is 3.17. The Morgan fingerprint density at radius 1 is 1.03 bits per heavy atom. The second-order valence-corrected chi connectivity index (χ2v) is 6.96. The molecule has 1 heterocycles. The molecule has 1 aromatic heterocycles. The Hall–Kier alpha value is -4.46. The molecular formula is C24H20N4O4. The Morgan fingerprint density at radius 2 is 1.75 bits per heavy atom. The molecule has 0 unspecified atom stereocenters. The summed E-state index contributed by atoms with van der Waals surface area (Å²) in [7, 11) is 0. The first-order valence-corrected chi connectivity index (χ1v) is 9.95. The lowest BCUT2D eigenvalue weighted by Crippen LogP contribution is -2.17. The van der Waals surface area contributed by atoms with Gasteiger partial charge in [0.15, 0.2) is 0 Å². The van der Waals surface area contributed by atoms with Crippen molar-refractivity contribution in [3.05, 3.63) is 106 Å². The topological polar surface area (TPSA) is 98.8 Å². The van der Waals surface area contributed by atoms with E-state index in [1.54, 1.807) is 6.21 Å². The number of fused-ring (bicyclic) bond motifs is 1. The van der Waals surface area contributed by atoms with Gasteiger partial charge in [-0.15, -0.1) is 0 Å². The molecule has 4 rings (SSSR count). The lowest BCUT2D eigenvalue weighted by atomic mass is 10.2. The van der Waals surface area contributed by atoms with E-state index in [1.165, 1.54) is 24.3 Å². The molecule has 0 saturated heterocycles. The van der Waals surface area contributed by atoms with E-state index in [0.29, 0.717) is 13.2 Å². The Bertz CT molecular complexity index is 1260. The second-order valence-electron chi connectivity index (χ2n) is 6.96. The Labute approximate surface area is 183 Å². The van der Waals surface area contributed by atoms with Crippen molar-refractivity contribution >= 4 is 28.7 Å². The molecule has 3 aromatic carbocycles. The molecule has 8 nitrogen and oxygen atoms in total. The molecule has 0 spiro atoms. The fourth-order valence-electron chi connectivity index (χ4n) is 3.30. The molecule has 32 heavy (non-hydrogen) atoms. The van der Waals surface area contributed by atoms with E-state index in [2.05, 4.69) is 15.1 Å². The van der Waals surface area contributed by atoms with E-state index in [1.807, 2.05) is 60.8 Å². The largest absolute Gasteiger partial charge is 0.492 e. The highest BCUT2D eigenvalue weighted by molar-refractivity contribution is 6.00. The van der Waals surface area contributed by atoms with Crippen LogP contribution in [0, 0.1) is 10.1 Å². The number of carbonyl (C=O) groups excluding carboxylic acids is 1. The Morgan fingerprint density at radius 3 is 2.50 bits per heavy atom. The highest BCUT2D eigenvalue weighted by Crippen LogP contribution is 2.20. The molecular weight excluding hydrogens is 408 g/mol. The van der Waals surface area contributed by atoms with Crippen molar-refractivity contribution in [2.75, 3.05) is 6.61 Å². The highest BCUT2D eigenvalue weighted by Gasteiger charge is 2.10. The quantitative estimate of drug-likeness (QED) is 0.256. The van der Waals surface area contributed by atoms with Crippen molar-refractivity contribution in [3.63, 3.8) is 0 Å². The van der Waals surface area contributed by atoms with Gasteiger partial charge in [-0.2, -0.15) is 5.10 Å². The first-order valence-electron chi connectivity index (χ1n) is 9.95. The summed E-state index contributed by atoms with van der Waals surface area (Å²) in [5.74, 6) is 0.371. The zero-order chi connectivity index (χ0) is 22.3. The predicted molar refractivity (Wildman–Crippen MR) is 122 cm³/mol. The third-order valence-corrected chi connectivity index (χ3v) is 4.87. The van der Waals surface area contributed by atoms with E-state index >= 15 is 0 Å². The van der Waals surface area contributed by atoms with E-state index in [-0.39, 0.29) is 11.3 Å². The summed E-state index contributed by atoms with van der Waals surface area (Å²) in [5.41, 5.74) is 4.56. The van der Waals surface area contributed by atoms with Crippen LogP contribution in [0.4, 0.5) is 5.69 Å². The summed E-state index contributed by atoms with van der Waals surface area (Å²) >= 11 is 0. The number of ether oxygens (including phenoxy) is 1. The number of hydrazone groups is 1. The predicted octanol–water partition coefficient (Wildman–Crippen LogP) is 4.39. The minimum absolute atomic E-state index is 0.0749. The number of aromatic nitrogens is 1. The molecule has 1 amide bonds. The smallest absolute Gasteiger partial charge is 0.271 e. The van der Waals surface area contributed by atoms with E-state index < -0.39 is 10.8 Å². The molecule has 8 heteroatoms. The van der Waals surface area contributed by atoms with Crippen LogP contribution < -0.4 is 10.2 Å². The van der Waals surface area contributed by atoms with Gasteiger partial charge in [0.2, 0.25) is 0 Å². The van der Waals surface area contributed by atoms with Gasteiger partial charge in [-0.05, 0) is 30.3 Å². The number of nitro benzene ring substituents is 1. The van der Waals surface area contributed by atoms with Gasteiger partial charge in [0.1, 0.15) is 12.4 Å². The monoisotopic (exact) mass is 428 g/mol. The number of benzene rings is 3. The highest BCUT2D eigenvalue weighted by atomic mass is 16.6. The molecule has 0 fully saturated rings. The lowest BCUT2D eigenvalue weighted by molar-refractivity contribution is -0.384. The number of carbonyl (C=O) groups is 1. The molecule has 0 aliphatic rings. The van der Waals surface area contributed by atoms with Crippen LogP contribution in [0.2, 0.25) is 0 Å². The first-order chi connectivity index (χ1) is 15.6. The Balaban J connectivity index is 1.43. The van der Waals surface area contributed by atoms with Crippen molar-refractivity contribution in [1.29, 1.82) is 0 Å². The summed E-state index contributed by atoms with van der Waals surface area (Å²) in [4.78, 5) is 22.5. The van der Waals surface area contributed by atoms with Gasteiger partial charge < -0.3 is 9.30 Å². The van der Waals surface area contributed by atoms with Gasteiger partial charge in [0.05, 0.1) is 17.7 Å². The first kappa shape index (κ1) is 20.8. The average molecular weight is 428 g/mol. The van der Waals surface area contributed by atoms with Crippen LogP contribution >= 0.6 is 0 Å². The summed E-state index contributed by atoms with van der Waals surface area (Å²) in [6.45, 7) is 1.16. The van der Waals surface area contributed by atoms with Crippen LogP contribution in [0.15, 0.2) is 90.2 Å². The summed E-state index contributed by atoms with van der Waals surface area (Å²) in [5, 5.41) is 15.8. The van der Waals surface area contributed by atoms with Crippen LogP contribution in [0.5, 0.6) is 5.75 Å². The fourth-order valence-corrected chi connectivity index (χ4v) is 3.30. The van der Waals surface area contributed by atoms with Crippen molar-refractivity contribution in [2.45, 2.75) is 6.54 Å². The van der Waals surface area contributed by atoms with Gasteiger partial charge in [-0.1, -0.05) is 36.4 Å². The van der Waals surface area contributed by atoms with Crippen LogP contribution in [0.3, 0.4) is 0 Å². The summed E-state index contributed by atoms with van der Waals surface area (Å²) in [6, 6.07) is 22.9. The van der Waals surface area contributed by atoms with E-state index in [9.17, 15) is 14.9 Å². The van der Waals surface area contributed by atoms with Gasteiger partial charge in [-0.25, -0.2) is 5.43 Å². The number of nitrogens with one attached hydrogen (secondary N) is 1. The lowest BCUT2D eigenvalue weighted by Gasteiger charge is -2.08. The third-order valence-electron chi connectivity index (χ3n) is 4.87. The van der Waals surface area contributed by atoms with Crippen molar-refractivity contribution in [3.8, 4) is 5.75 Å². The number of amides is 1. The minimum atomic E-state index is -0.513. The molecule has 0 bridgehead atoms. The zero-order valence-electron chi connectivity index (χ0n) is 17.0. The number of nitro groups is 1. The van der Waals surface area contributed by atoms with Crippen LogP contribution in [0.25, 0.3) is 10.9 Å².